The molecule has 1 N–H and O–H groups in total. The summed E-state index contributed by atoms with van der Waals surface area (Å²) < 4.78 is 15.7. The van der Waals surface area contributed by atoms with Crippen LogP contribution in [0.5, 0.6) is 11.5 Å². The van der Waals surface area contributed by atoms with E-state index in [-0.39, 0.29) is 5.91 Å². The van der Waals surface area contributed by atoms with Gasteiger partial charge in [-0.15, -0.1) is 0 Å². The minimum absolute atomic E-state index is 0.294. The molecule has 0 radical (unpaired) electrons. The lowest BCUT2D eigenvalue weighted by Gasteiger charge is -2.15. The van der Waals surface area contributed by atoms with Crippen LogP contribution >= 0.6 is 0 Å². The van der Waals surface area contributed by atoms with Gasteiger partial charge in [0, 0.05) is 18.2 Å². The Hall–Kier alpha value is -2.76. The Bertz CT molecular complexity index is 738. The van der Waals surface area contributed by atoms with Crippen LogP contribution in [0.1, 0.15) is 44.6 Å². The summed E-state index contributed by atoms with van der Waals surface area (Å²) in [5, 5.41) is 2.82. The van der Waals surface area contributed by atoms with Gasteiger partial charge < -0.3 is 19.5 Å². The second-order valence-corrected chi connectivity index (χ2v) is 6.64. The number of hydrogen-bond acceptors (Lipinski definition) is 5. The van der Waals surface area contributed by atoms with Gasteiger partial charge in [-0.2, -0.15) is 0 Å². The van der Waals surface area contributed by atoms with E-state index >= 15 is 0 Å². The molecule has 1 aromatic rings. The fourth-order valence-electron chi connectivity index (χ4n) is 3.09. The number of ether oxygens (including phenoxy) is 3. The summed E-state index contributed by atoms with van der Waals surface area (Å²) in [6, 6.07) is 5.36. The first-order valence-corrected chi connectivity index (χ1v) is 9.60. The van der Waals surface area contributed by atoms with E-state index < -0.39 is 12.1 Å². The molecule has 28 heavy (non-hydrogen) atoms. The minimum Gasteiger partial charge on any atom is -0.493 e. The van der Waals surface area contributed by atoms with Crippen molar-refractivity contribution in [3.05, 3.63) is 41.5 Å². The van der Waals surface area contributed by atoms with E-state index in [1.54, 1.807) is 38.3 Å². The van der Waals surface area contributed by atoms with Gasteiger partial charge >= 0.3 is 5.97 Å². The number of carbonyl (C=O) groups is 2. The SMILES string of the molecule is COc1cccc(/C=C/C(=O)O[C@H](C)C(=O)NCCC2=CCCCC2)c1OC. The van der Waals surface area contributed by atoms with Crippen LogP contribution in [0.25, 0.3) is 6.08 Å². The molecule has 1 aliphatic rings. The van der Waals surface area contributed by atoms with Gasteiger partial charge in [-0.1, -0.05) is 23.8 Å². The Morgan fingerprint density at radius 2 is 2.04 bits per heavy atom. The fourth-order valence-corrected chi connectivity index (χ4v) is 3.09. The monoisotopic (exact) mass is 387 g/mol. The summed E-state index contributed by atoms with van der Waals surface area (Å²) in [6.45, 7) is 2.12. The molecule has 0 fully saturated rings. The molecule has 0 spiro atoms. The first-order chi connectivity index (χ1) is 13.5. The van der Waals surface area contributed by atoms with Crippen molar-refractivity contribution in [3.63, 3.8) is 0 Å². The normalized spacial score (nSPS) is 14.9. The maximum Gasteiger partial charge on any atom is 0.331 e. The Kier molecular flexibility index (Phi) is 8.59. The molecule has 0 saturated heterocycles. The van der Waals surface area contributed by atoms with Crippen LogP contribution in [0.3, 0.4) is 0 Å². The third-order valence-corrected chi connectivity index (χ3v) is 4.62. The van der Waals surface area contributed by atoms with Gasteiger partial charge in [0.25, 0.3) is 5.91 Å². The molecule has 0 aliphatic heterocycles. The number of allylic oxidation sites excluding steroid dienone is 1. The predicted octanol–water partition coefficient (Wildman–Crippen LogP) is 3.66. The maximum absolute atomic E-state index is 12.1. The van der Waals surface area contributed by atoms with E-state index in [2.05, 4.69) is 11.4 Å². The van der Waals surface area contributed by atoms with Crippen molar-refractivity contribution < 1.29 is 23.8 Å². The molecule has 2 rings (SSSR count). The summed E-state index contributed by atoms with van der Waals surface area (Å²) in [7, 11) is 3.08. The molecule has 0 saturated carbocycles. The van der Waals surface area contributed by atoms with E-state index in [4.69, 9.17) is 14.2 Å². The van der Waals surface area contributed by atoms with Crippen molar-refractivity contribution in [1.82, 2.24) is 5.32 Å². The van der Waals surface area contributed by atoms with Crippen molar-refractivity contribution in [2.24, 2.45) is 0 Å². The lowest BCUT2D eigenvalue weighted by atomic mass is 9.97. The molecule has 0 heterocycles. The Morgan fingerprint density at radius 3 is 2.71 bits per heavy atom. The minimum atomic E-state index is -0.857. The number of nitrogens with one attached hydrogen (secondary N) is 1. The first kappa shape index (κ1) is 21.5. The van der Waals surface area contributed by atoms with Gasteiger partial charge in [-0.05, 0) is 51.2 Å². The molecule has 6 heteroatoms. The molecule has 152 valence electrons. The molecule has 1 aliphatic carbocycles. The number of amides is 1. The molecule has 0 unspecified atom stereocenters. The van der Waals surface area contributed by atoms with Crippen LogP contribution in [0.4, 0.5) is 0 Å². The second-order valence-electron chi connectivity index (χ2n) is 6.64. The zero-order chi connectivity index (χ0) is 20.4. The molecule has 1 aromatic carbocycles. The molecule has 0 aromatic heterocycles. The molecule has 1 atom stereocenters. The summed E-state index contributed by atoms with van der Waals surface area (Å²) in [5.74, 6) is 0.204. The third-order valence-electron chi connectivity index (χ3n) is 4.62. The average molecular weight is 387 g/mol. The van der Waals surface area contributed by atoms with E-state index in [1.165, 1.54) is 31.6 Å². The van der Waals surface area contributed by atoms with Gasteiger partial charge in [-0.3, -0.25) is 4.79 Å². The number of para-hydroxylation sites is 1. The third kappa shape index (κ3) is 6.44. The summed E-state index contributed by atoms with van der Waals surface area (Å²) in [5.41, 5.74) is 2.07. The van der Waals surface area contributed by atoms with Gasteiger partial charge in [0.1, 0.15) is 0 Å². The molecule has 0 bridgehead atoms. The first-order valence-electron chi connectivity index (χ1n) is 9.60. The lowest BCUT2D eigenvalue weighted by molar-refractivity contribution is -0.150. The van der Waals surface area contributed by atoms with Gasteiger partial charge in [-0.25, -0.2) is 4.79 Å². The van der Waals surface area contributed by atoms with Crippen LogP contribution in [0.2, 0.25) is 0 Å². The second kappa shape index (κ2) is 11.2. The molecular formula is C22H29NO5. The Morgan fingerprint density at radius 1 is 1.21 bits per heavy atom. The highest BCUT2D eigenvalue weighted by atomic mass is 16.5. The Balaban J connectivity index is 1.82. The topological polar surface area (TPSA) is 73.9 Å². The number of methoxy groups -OCH3 is 2. The lowest BCUT2D eigenvalue weighted by Crippen LogP contribution is -2.36. The van der Waals surface area contributed by atoms with Crippen LogP contribution in [0, 0.1) is 0 Å². The van der Waals surface area contributed by atoms with E-state index in [0.717, 1.165) is 19.3 Å². The highest BCUT2D eigenvalue weighted by Gasteiger charge is 2.16. The van der Waals surface area contributed by atoms with Gasteiger partial charge in [0.2, 0.25) is 0 Å². The smallest absolute Gasteiger partial charge is 0.331 e. The highest BCUT2D eigenvalue weighted by molar-refractivity contribution is 5.90. The quantitative estimate of drug-likeness (QED) is 0.398. The maximum atomic E-state index is 12.1. The van der Waals surface area contributed by atoms with Crippen LogP contribution < -0.4 is 14.8 Å². The number of hydrogen-bond donors (Lipinski definition) is 1. The van der Waals surface area contributed by atoms with Crippen molar-refractivity contribution in [2.45, 2.75) is 45.1 Å². The summed E-state index contributed by atoms with van der Waals surface area (Å²) in [6.07, 6.45) is 9.80. The van der Waals surface area contributed by atoms with Gasteiger partial charge in [0.05, 0.1) is 14.2 Å². The largest absolute Gasteiger partial charge is 0.493 e. The van der Waals surface area contributed by atoms with Crippen molar-refractivity contribution >= 4 is 18.0 Å². The number of rotatable bonds is 9. The van der Waals surface area contributed by atoms with Crippen molar-refractivity contribution in [2.75, 3.05) is 20.8 Å². The summed E-state index contributed by atoms with van der Waals surface area (Å²) >= 11 is 0. The molecule has 6 nitrogen and oxygen atoms in total. The predicted molar refractivity (Wildman–Crippen MR) is 108 cm³/mol. The van der Waals surface area contributed by atoms with E-state index in [1.807, 2.05) is 0 Å². The molecule has 1 amide bonds. The van der Waals surface area contributed by atoms with Crippen molar-refractivity contribution in [1.29, 1.82) is 0 Å². The van der Waals surface area contributed by atoms with Gasteiger partial charge in [0.15, 0.2) is 17.6 Å². The number of benzene rings is 1. The number of esters is 1. The zero-order valence-corrected chi connectivity index (χ0v) is 16.8. The summed E-state index contributed by atoms with van der Waals surface area (Å²) in [4.78, 5) is 24.1. The van der Waals surface area contributed by atoms with Crippen LogP contribution in [0.15, 0.2) is 35.9 Å². The van der Waals surface area contributed by atoms with E-state index in [9.17, 15) is 9.59 Å². The standard InChI is InChI=1S/C22H29NO5/c1-16(22(25)23-15-14-17-8-5-4-6-9-17)28-20(24)13-12-18-10-7-11-19(26-2)21(18)27-3/h7-8,10-13,16H,4-6,9,14-15H2,1-3H3,(H,23,25)/b13-12+/t16-/m1/s1. The van der Waals surface area contributed by atoms with Crippen LogP contribution in [-0.2, 0) is 14.3 Å². The zero-order valence-electron chi connectivity index (χ0n) is 16.8. The number of carbonyl (C=O) groups excluding carboxylic acids is 2. The van der Waals surface area contributed by atoms with Crippen LogP contribution in [-0.4, -0.2) is 38.7 Å². The average Bonchev–Trinajstić information content (AvgIpc) is 2.72. The Labute approximate surface area is 166 Å². The molecular weight excluding hydrogens is 358 g/mol. The van der Waals surface area contributed by atoms with Crippen molar-refractivity contribution in [3.8, 4) is 11.5 Å². The van der Waals surface area contributed by atoms with E-state index in [0.29, 0.717) is 23.6 Å². The highest BCUT2D eigenvalue weighted by Crippen LogP contribution is 2.31. The fraction of sp³-hybridized carbons (Fsp3) is 0.455.